The fraction of sp³-hybridized carbons (Fsp3) is 0.579. The Kier molecular flexibility index (Phi) is 8.27. The molecular formula is C19H29F3N4O3+2. The van der Waals surface area contributed by atoms with Crippen LogP contribution in [0.1, 0.15) is 20.3 Å². The van der Waals surface area contributed by atoms with Crippen molar-refractivity contribution in [3.05, 3.63) is 24.3 Å². The quantitative estimate of drug-likeness (QED) is 0.448. The molecule has 162 valence electrons. The van der Waals surface area contributed by atoms with Crippen LogP contribution in [0.2, 0.25) is 0 Å². The molecule has 0 aliphatic carbocycles. The second-order valence-electron chi connectivity index (χ2n) is 7.22. The van der Waals surface area contributed by atoms with Gasteiger partial charge in [0.1, 0.15) is 31.9 Å². The van der Waals surface area contributed by atoms with Gasteiger partial charge >= 0.3 is 6.36 Å². The Morgan fingerprint density at radius 3 is 2.31 bits per heavy atom. The van der Waals surface area contributed by atoms with E-state index in [4.69, 9.17) is 0 Å². The molecule has 1 aromatic rings. The standard InChI is InChI=1S/C19H27F3N4O3/c1-3-8-23-17(27)13-25-9-11-26(12-10-25)14(2)18(28)24-15-4-6-16(7-5-15)29-19(20,21)22/h4-7,14H,3,8-13H2,1-2H3,(H,23,27)(H,24,28)/p+2/t14-/m1/s1. The lowest BCUT2D eigenvalue weighted by Crippen LogP contribution is -3.30. The van der Waals surface area contributed by atoms with E-state index in [1.54, 1.807) is 0 Å². The SMILES string of the molecule is CCCNC(=O)C[NH+]1CC[NH+]([C@H](C)C(=O)Nc2ccc(OC(F)(F)F)cc2)CC1. The molecule has 0 saturated carbocycles. The van der Waals surface area contributed by atoms with Gasteiger partial charge in [-0.3, -0.25) is 9.59 Å². The van der Waals surface area contributed by atoms with E-state index in [-0.39, 0.29) is 23.6 Å². The molecule has 10 heteroatoms. The Balaban J connectivity index is 1.78. The van der Waals surface area contributed by atoms with Gasteiger partial charge in [0.25, 0.3) is 11.8 Å². The van der Waals surface area contributed by atoms with Gasteiger partial charge in [-0.15, -0.1) is 13.2 Å². The molecule has 0 bridgehead atoms. The molecule has 1 aliphatic heterocycles. The minimum Gasteiger partial charge on any atom is -0.406 e. The Labute approximate surface area is 168 Å². The number of ether oxygens (including phenoxy) is 1. The Morgan fingerprint density at radius 2 is 1.76 bits per heavy atom. The lowest BCUT2D eigenvalue weighted by Gasteiger charge is -2.32. The smallest absolute Gasteiger partial charge is 0.406 e. The van der Waals surface area contributed by atoms with Gasteiger partial charge in [0, 0.05) is 12.2 Å². The lowest BCUT2D eigenvalue weighted by atomic mass is 10.2. The maximum Gasteiger partial charge on any atom is 0.573 e. The number of halogens is 3. The summed E-state index contributed by atoms with van der Waals surface area (Å²) in [6.07, 6.45) is -3.84. The Bertz CT molecular complexity index is 674. The number of carbonyl (C=O) groups excluding carboxylic acids is 2. The van der Waals surface area contributed by atoms with Gasteiger partial charge in [-0.2, -0.15) is 0 Å². The number of nitrogens with one attached hydrogen (secondary N) is 4. The molecule has 1 fully saturated rings. The largest absolute Gasteiger partial charge is 0.573 e. The first kappa shape index (κ1) is 23.0. The van der Waals surface area contributed by atoms with E-state index >= 15 is 0 Å². The Hall–Kier alpha value is -2.33. The molecule has 4 N–H and O–H groups in total. The van der Waals surface area contributed by atoms with Crippen LogP contribution in [-0.4, -0.2) is 63.5 Å². The van der Waals surface area contributed by atoms with Crippen LogP contribution < -0.4 is 25.2 Å². The molecule has 1 aromatic carbocycles. The Morgan fingerprint density at radius 1 is 1.14 bits per heavy atom. The number of hydrogen-bond acceptors (Lipinski definition) is 3. The molecule has 0 unspecified atom stereocenters. The predicted octanol–water partition coefficient (Wildman–Crippen LogP) is -0.778. The first-order chi connectivity index (χ1) is 13.7. The fourth-order valence-electron chi connectivity index (χ4n) is 3.26. The van der Waals surface area contributed by atoms with Crippen molar-refractivity contribution in [2.24, 2.45) is 0 Å². The molecule has 1 saturated heterocycles. The average Bonchev–Trinajstić information content (AvgIpc) is 2.66. The van der Waals surface area contributed by atoms with Crippen molar-refractivity contribution in [2.45, 2.75) is 32.7 Å². The molecule has 0 spiro atoms. The van der Waals surface area contributed by atoms with E-state index < -0.39 is 6.36 Å². The van der Waals surface area contributed by atoms with Crippen LogP contribution in [0, 0.1) is 0 Å². The van der Waals surface area contributed by atoms with Gasteiger partial charge < -0.3 is 25.2 Å². The number of piperazine rings is 1. The van der Waals surface area contributed by atoms with Gasteiger partial charge in [-0.1, -0.05) is 6.92 Å². The number of benzene rings is 1. The third-order valence-electron chi connectivity index (χ3n) is 4.94. The first-order valence-corrected chi connectivity index (χ1v) is 9.79. The summed E-state index contributed by atoms with van der Waals surface area (Å²) in [5, 5.41) is 5.60. The highest BCUT2D eigenvalue weighted by Gasteiger charge is 2.32. The van der Waals surface area contributed by atoms with E-state index in [9.17, 15) is 22.8 Å². The molecule has 7 nitrogen and oxygen atoms in total. The van der Waals surface area contributed by atoms with Crippen LogP contribution in [0.25, 0.3) is 0 Å². The van der Waals surface area contributed by atoms with Gasteiger partial charge in [0.2, 0.25) is 0 Å². The summed E-state index contributed by atoms with van der Waals surface area (Å²) >= 11 is 0. The van der Waals surface area contributed by atoms with Crippen molar-refractivity contribution in [2.75, 3.05) is 44.6 Å². The summed E-state index contributed by atoms with van der Waals surface area (Å²) in [7, 11) is 0. The van der Waals surface area contributed by atoms with Crippen LogP contribution in [0.3, 0.4) is 0 Å². The van der Waals surface area contributed by atoms with Gasteiger partial charge in [0.05, 0.1) is 0 Å². The average molecular weight is 418 g/mol. The molecule has 1 atom stereocenters. The van der Waals surface area contributed by atoms with Crippen LogP contribution in [0.4, 0.5) is 18.9 Å². The summed E-state index contributed by atoms with van der Waals surface area (Å²) in [5.74, 6) is -0.487. The number of hydrogen-bond donors (Lipinski definition) is 4. The molecule has 2 rings (SSSR count). The van der Waals surface area contributed by atoms with Crippen molar-refractivity contribution in [1.82, 2.24) is 5.32 Å². The summed E-state index contributed by atoms with van der Waals surface area (Å²) in [4.78, 5) is 26.6. The first-order valence-electron chi connectivity index (χ1n) is 9.79. The van der Waals surface area contributed by atoms with Gasteiger partial charge in [0.15, 0.2) is 12.6 Å². The van der Waals surface area contributed by atoms with Crippen molar-refractivity contribution in [1.29, 1.82) is 0 Å². The molecule has 1 aliphatic rings. The minimum atomic E-state index is -4.75. The van der Waals surface area contributed by atoms with Crippen LogP contribution in [-0.2, 0) is 9.59 Å². The van der Waals surface area contributed by atoms with E-state index in [0.29, 0.717) is 18.8 Å². The third kappa shape index (κ3) is 7.90. The highest BCUT2D eigenvalue weighted by atomic mass is 19.4. The molecule has 2 amide bonds. The minimum absolute atomic E-state index is 0.0500. The lowest BCUT2D eigenvalue weighted by molar-refractivity contribution is -1.01. The molecule has 0 radical (unpaired) electrons. The van der Waals surface area contributed by atoms with E-state index in [2.05, 4.69) is 15.4 Å². The third-order valence-corrected chi connectivity index (χ3v) is 4.94. The zero-order valence-corrected chi connectivity index (χ0v) is 16.7. The second-order valence-corrected chi connectivity index (χ2v) is 7.22. The molecule has 1 heterocycles. The van der Waals surface area contributed by atoms with Gasteiger partial charge in [-0.25, -0.2) is 0 Å². The number of quaternary nitrogens is 2. The topological polar surface area (TPSA) is 76.3 Å². The normalized spacial score (nSPS) is 20.6. The van der Waals surface area contributed by atoms with Crippen LogP contribution in [0.5, 0.6) is 5.75 Å². The molecule has 0 aromatic heterocycles. The van der Waals surface area contributed by atoms with Crippen LogP contribution >= 0.6 is 0 Å². The predicted molar refractivity (Wildman–Crippen MR) is 101 cm³/mol. The summed E-state index contributed by atoms with van der Waals surface area (Å²) < 4.78 is 40.4. The fourth-order valence-corrected chi connectivity index (χ4v) is 3.26. The summed E-state index contributed by atoms with van der Waals surface area (Å²) in [5.41, 5.74) is 0.410. The van der Waals surface area contributed by atoms with Crippen molar-refractivity contribution in [3.8, 4) is 5.75 Å². The zero-order chi connectivity index (χ0) is 21.4. The van der Waals surface area contributed by atoms with E-state index in [1.807, 2.05) is 13.8 Å². The number of amides is 2. The maximum absolute atomic E-state index is 12.5. The highest BCUT2D eigenvalue weighted by molar-refractivity contribution is 5.93. The highest BCUT2D eigenvalue weighted by Crippen LogP contribution is 2.23. The number of rotatable bonds is 8. The van der Waals surface area contributed by atoms with Crippen molar-refractivity contribution >= 4 is 17.5 Å². The van der Waals surface area contributed by atoms with E-state index in [0.717, 1.165) is 49.6 Å². The van der Waals surface area contributed by atoms with Gasteiger partial charge in [-0.05, 0) is 37.6 Å². The number of anilines is 1. The summed E-state index contributed by atoms with van der Waals surface area (Å²) in [6, 6.07) is 4.76. The molecule has 29 heavy (non-hydrogen) atoms. The maximum atomic E-state index is 12.5. The zero-order valence-electron chi connectivity index (χ0n) is 16.7. The van der Waals surface area contributed by atoms with Crippen molar-refractivity contribution < 1.29 is 37.3 Å². The summed E-state index contributed by atoms with van der Waals surface area (Å²) in [6.45, 7) is 8.10. The monoisotopic (exact) mass is 418 g/mol. The number of carbonyl (C=O) groups is 2. The second kappa shape index (κ2) is 10.4. The molecular weight excluding hydrogens is 389 g/mol. The number of alkyl halides is 3. The van der Waals surface area contributed by atoms with Crippen LogP contribution in [0.15, 0.2) is 24.3 Å². The van der Waals surface area contributed by atoms with E-state index in [1.165, 1.54) is 17.0 Å². The van der Waals surface area contributed by atoms with Crippen molar-refractivity contribution in [3.63, 3.8) is 0 Å².